The minimum Gasteiger partial charge on any atom is -0.456 e. The first-order valence-corrected chi connectivity index (χ1v) is 18.9. The molecular weight excluding hydrogens is 667 g/mol. The highest BCUT2D eigenvalue weighted by Gasteiger charge is 2.47. The number of furan rings is 1. The van der Waals surface area contributed by atoms with Crippen molar-refractivity contribution < 1.29 is 4.42 Å². The van der Waals surface area contributed by atoms with Crippen molar-refractivity contribution in [2.24, 2.45) is 0 Å². The van der Waals surface area contributed by atoms with Crippen LogP contribution >= 0.6 is 0 Å². The van der Waals surface area contributed by atoms with Gasteiger partial charge < -0.3 is 9.32 Å². The zero-order valence-electron chi connectivity index (χ0n) is 30.1. The Labute approximate surface area is 320 Å². The molecule has 1 aliphatic carbocycles. The highest BCUT2D eigenvalue weighted by molar-refractivity contribution is 6.22. The fraction of sp³-hybridized carbons (Fsp3) is 0.0189. The molecule has 0 saturated heterocycles. The Morgan fingerprint density at radius 3 is 1.65 bits per heavy atom. The zero-order valence-corrected chi connectivity index (χ0v) is 30.1. The van der Waals surface area contributed by atoms with E-state index in [1.54, 1.807) is 0 Å². The second kappa shape index (κ2) is 12.5. The monoisotopic (exact) mass is 701 g/mol. The summed E-state index contributed by atoms with van der Waals surface area (Å²) < 4.78 is 6.89. The second-order valence-corrected chi connectivity index (χ2v) is 14.4. The van der Waals surface area contributed by atoms with Crippen LogP contribution in [0.1, 0.15) is 22.3 Å². The number of para-hydroxylation sites is 1. The summed E-state index contributed by atoms with van der Waals surface area (Å²) in [6, 6.07) is 76.7. The molecule has 0 unspecified atom stereocenters. The van der Waals surface area contributed by atoms with Crippen molar-refractivity contribution in [3.63, 3.8) is 0 Å². The van der Waals surface area contributed by atoms with Gasteiger partial charge in [0, 0.05) is 33.9 Å². The Balaban J connectivity index is 1.16. The van der Waals surface area contributed by atoms with Crippen molar-refractivity contribution in [2.45, 2.75) is 5.41 Å². The van der Waals surface area contributed by atoms with Crippen LogP contribution in [0.4, 0.5) is 17.1 Å². The highest BCUT2D eigenvalue weighted by atomic mass is 16.3. The molecule has 1 heterocycles. The normalized spacial score (nSPS) is 12.9. The van der Waals surface area contributed by atoms with Crippen molar-refractivity contribution >= 4 is 49.8 Å². The van der Waals surface area contributed by atoms with Gasteiger partial charge in [0.25, 0.3) is 0 Å². The van der Waals surface area contributed by atoms with Crippen LogP contribution in [0, 0.1) is 0 Å². The lowest BCUT2D eigenvalue weighted by Gasteiger charge is -2.34. The van der Waals surface area contributed by atoms with E-state index >= 15 is 0 Å². The average molecular weight is 702 g/mol. The maximum atomic E-state index is 6.89. The molecule has 258 valence electrons. The Bertz CT molecular complexity index is 2960. The van der Waals surface area contributed by atoms with Crippen LogP contribution in [0.15, 0.2) is 217 Å². The standard InChI is InChI=1S/C53H35NO/c1-5-15-36(16-6-1)37-25-29-42(30-26-37)54(41-21-11-4-12-22-41)43-31-33-46-49(35-43)55-48-34-28-38-27-32-45-44-23-13-14-24-47(44)53(39-17-7-2-8-18-39,40-19-9-3-10-20-40)52(45)50(38)51(46)48/h1-35H. The predicted octanol–water partition coefficient (Wildman–Crippen LogP) is 14.2. The minimum atomic E-state index is -0.526. The summed E-state index contributed by atoms with van der Waals surface area (Å²) in [6.45, 7) is 0. The molecule has 0 atom stereocenters. The van der Waals surface area contributed by atoms with Crippen molar-refractivity contribution in [1.82, 2.24) is 0 Å². The Kier molecular flexibility index (Phi) is 7.11. The summed E-state index contributed by atoms with van der Waals surface area (Å²) >= 11 is 0. The van der Waals surface area contributed by atoms with E-state index in [1.165, 1.54) is 55.3 Å². The molecule has 0 aliphatic heterocycles. The molecule has 10 aromatic rings. The smallest absolute Gasteiger partial charge is 0.137 e. The van der Waals surface area contributed by atoms with Crippen molar-refractivity contribution in [3.8, 4) is 22.3 Å². The number of rotatable bonds is 6. The molecule has 11 rings (SSSR count). The molecule has 2 heteroatoms. The summed E-state index contributed by atoms with van der Waals surface area (Å²) in [5.74, 6) is 0. The van der Waals surface area contributed by atoms with Gasteiger partial charge in [0.05, 0.1) is 5.41 Å². The van der Waals surface area contributed by atoms with Gasteiger partial charge in [-0.05, 0) is 97.7 Å². The van der Waals surface area contributed by atoms with Gasteiger partial charge in [-0.1, -0.05) is 164 Å². The fourth-order valence-corrected chi connectivity index (χ4v) is 9.21. The minimum absolute atomic E-state index is 0.526. The number of hydrogen-bond donors (Lipinski definition) is 0. The largest absolute Gasteiger partial charge is 0.456 e. The molecule has 0 fully saturated rings. The quantitative estimate of drug-likeness (QED) is 0.172. The number of nitrogens with zero attached hydrogens (tertiary/aromatic N) is 1. The van der Waals surface area contributed by atoms with Gasteiger partial charge in [-0.25, -0.2) is 0 Å². The molecule has 0 amide bonds. The maximum absolute atomic E-state index is 6.89. The first-order valence-electron chi connectivity index (χ1n) is 18.9. The van der Waals surface area contributed by atoms with Crippen LogP contribution in [0.3, 0.4) is 0 Å². The van der Waals surface area contributed by atoms with Crippen LogP contribution < -0.4 is 4.90 Å². The average Bonchev–Trinajstić information content (AvgIpc) is 3.79. The first-order chi connectivity index (χ1) is 27.3. The molecule has 0 radical (unpaired) electrons. The van der Waals surface area contributed by atoms with Crippen LogP contribution in [0.2, 0.25) is 0 Å². The fourth-order valence-electron chi connectivity index (χ4n) is 9.21. The van der Waals surface area contributed by atoms with E-state index in [2.05, 4.69) is 217 Å². The second-order valence-electron chi connectivity index (χ2n) is 14.4. The van der Waals surface area contributed by atoms with E-state index < -0.39 is 5.41 Å². The highest BCUT2D eigenvalue weighted by Crippen LogP contribution is 2.59. The maximum Gasteiger partial charge on any atom is 0.137 e. The molecule has 0 bridgehead atoms. The van der Waals surface area contributed by atoms with Crippen molar-refractivity contribution in [3.05, 3.63) is 235 Å². The van der Waals surface area contributed by atoms with E-state index in [4.69, 9.17) is 4.42 Å². The molecule has 0 spiro atoms. The Morgan fingerprint density at radius 1 is 0.382 bits per heavy atom. The summed E-state index contributed by atoms with van der Waals surface area (Å²) in [6.07, 6.45) is 0. The van der Waals surface area contributed by atoms with Crippen LogP contribution in [-0.4, -0.2) is 0 Å². The molecule has 0 N–H and O–H groups in total. The third kappa shape index (κ3) is 4.75. The molecule has 55 heavy (non-hydrogen) atoms. The van der Waals surface area contributed by atoms with Crippen LogP contribution in [0.5, 0.6) is 0 Å². The lowest BCUT2D eigenvalue weighted by molar-refractivity contribution is 0.669. The summed E-state index contributed by atoms with van der Waals surface area (Å²) in [5.41, 5.74) is 14.5. The lowest BCUT2D eigenvalue weighted by atomic mass is 9.66. The van der Waals surface area contributed by atoms with Crippen molar-refractivity contribution in [1.29, 1.82) is 0 Å². The van der Waals surface area contributed by atoms with E-state index in [9.17, 15) is 0 Å². The molecule has 9 aromatic carbocycles. The topological polar surface area (TPSA) is 16.4 Å². The van der Waals surface area contributed by atoms with Gasteiger partial charge in [0.15, 0.2) is 0 Å². The van der Waals surface area contributed by atoms with Gasteiger partial charge >= 0.3 is 0 Å². The third-order valence-corrected chi connectivity index (χ3v) is 11.5. The summed E-state index contributed by atoms with van der Waals surface area (Å²) in [5, 5.41) is 4.70. The van der Waals surface area contributed by atoms with E-state index in [-0.39, 0.29) is 0 Å². The van der Waals surface area contributed by atoms with Gasteiger partial charge in [-0.2, -0.15) is 0 Å². The number of hydrogen-bond acceptors (Lipinski definition) is 2. The molecule has 0 saturated carbocycles. The third-order valence-electron chi connectivity index (χ3n) is 11.5. The molecular formula is C53H35NO. The number of fused-ring (bicyclic) bond motifs is 9. The molecule has 2 nitrogen and oxygen atoms in total. The molecule has 1 aromatic heterocycles. The van der Waals surface area contributed by atoms with Gasteiger partial charge in [0.1, 0.15) is 11.2 Å². The van der Waals surface area contributed by atoms with Crippen LogP contribution in [0.25, 0.3) is 55.0 Å². The summed E-state index contributed by atoms with van der Waals surface area (Å²) in [7, 11) is 0. The van der Waals surface area contributed by atoms with Crippen LogP contribution in [-0.2, 0) is 5.41 Å². The lowest BCUT2D eigenvalue weighted by Crippen LogP contribution is -2.28. The first kappa shape index (κ1) is 31.4. The zero-order chi connectivity index (χ0) is 36.3. The molecule has 1 aliphatic rings. The van der Waals surface area contributed by atoms with E-state index in [0.717, 1.165) is 39.0 Å². The Hall–Kier alpha value is -7.16. The van der Waals surface area contributed by atoms with Gasteiger partial charge in [0.2, 0.25) is 0 Å². The number of anilines is 3. The van der Waals surface area contributed by atoms with Crippen molar-refractivity contribution in [2.75, 3.05) is 4.90 Å². The van der Waals surface area contributed by atoms with E-state index in [1.807, 2.05) is 0 Å². The SMILES string of the molecule is c1ccc(-c2ccc(N(c3ccccc3)c3ccc4c(c3)oc3ccc5ccc6c(c5c34)C(c3ccccc3)(c3ccccc3)c3ccccc3-6)cc2)cc1. The predicted molar refractivity (Wildman–Crippen MR) is 229 cm³/mol. The van der Waals surface area contributed by atoms with Gasteiger partial charge in [-0.3, -0.25) is 0 Å². The van der Waals surface area contributed by atoms with Gasteiger partial charge in [-0.15, -0.1) is 0 Å². The number of benzene rings is 9. The summed E-state index contributed by atoms with van der Waals surface area (Å²) in [4.78, 5) is 2.31. The Morgan fingerprint density at radius 2 is 0.945 bits per heavy atom. The van der Waals surface area contributed by atoms with E-state index in [0.29, 0.717) is 0 Å².